The van der Waals surface area contributed by atoms with Crippen LogP contribution in [0, 0.1) is 45.3 Å². The highest BCUT2D eigenvalue weighted by molar-refractivity contribution is 6.07. The molecule has 0 aliphatic carbocycles. The number of hydrogen-bond acceptors (Lipinski definition) is 4. The van der Waals surface area contributed by atoms with Crippen LogP contribution >= 0.6 is 0 Å². The smallest absolute Gasteiger partial charge is 0.101 e. The lowest BCUT2D eigenvalue weighted by Gasteiger charge is -2.02. The number of rotatable bonds is 0. The van der Waals surface area contributed by atoms with Crippen LogP contribution in [0.25, 0.3) is 21.5 Å². The van der Waals surface area contributed by atoms with Gasteiger partial charge in [0.05, 0.1) is 22.3 Å². The summed E-state index contributed by atoms with van der Waals surface area (Å²) in [5.74, 6) is 0. The lowest BCUT2D eigenvalue weighted by atomic mass is 10.0. The second-order valence-electron chi connectivity index (χ2n) is 5.90. The molecule has 0 fully saturated rings. The minimum Gasteiger partial charge on any atom is -0.192 e. The Bertz CT molecular complexity index is 1200. The third-order valence-electron chi connectivity index (χ3n) is 4.29. The zero-order valence-electron chi connectivity index (χ0n) is 14.7. The van der Waals surface area contributed by atoms with Crippen LogP contribution in [-0.2, 0) is 0 Å². The number of hydrogen-bond donors (Lipinski definition) is 0. The van der Waals surface area contributed by atoms with E-state index in [1.165, 1.54) is 33.7 Å². The first kappa shape index (κ1) is 18.2. The summed E-state index contributed by atoms with van der Waals surface area (Å²) < 4.78 is 0. The van der Waals surface area contributed by atoms with Gasteiger partial charge in [0.2, 0.25) is 0 Å². The van der Waals surface area contributed by atoms with Gasteiger partial charge in [-0.3, -0.25) is 0 Å². The van der Waals surface area contributed by atoms with Crippen molar-refractivity contribution < 1.29 is 0 Å². The van der Waals surface area contributed by atoms with Crippen LogP contribution in [0.4, 0.5) is 0 Å². The second-order valence-corrected chi connectivity index (χ2v) is 5.90. The zero-order valence-corrected chi connectivity index (χ0v) is 14.7. The molecule has 0 bridgehead atoms. The zero-order chi connectivity index (χ0) is 19.9. The summed E-state index contributed by atoms with van der Waals surface area (Å²) in [4.78, 5) is 0. The van der Waals surface area contributed by atoms with Crippen molar-refractivity contribution in [2.75, 3.05) is 0 Å². The molecule has 4 aromatic rings. The fraction of sp³-hybridized carbons (Fsp3) is 0. The molecule has 0 unspecified atom stereocenters. The lowest BCUT2D eigenvalue weighted by Crippen LogP contribution is -1.90. The van der Waals surface area contributed by atoms with Crippen molar-refractivity contribution in [3.8, 4) is 24.3 Å². The van der Waals surface area contributed by atoms with E-state index in [1.54, 1.807) is 24.3 Å². The molecule has 0 aromatic heterocycles. The highest BCUT2D eigenvalue weighted by Gasteiger charge is 2.08. The Morgan fingerprint density at radius 1 is 0.429 bits per heavy atom. The van der Waals surface area contributed by atoms with Crippen LogP contribution in [-0.4, -0.2) is 0 Å². The Morgan fingerprint density at radius 3 is 1.07 bits per heavy atom. The second kappa shape index (κ2) is 8.16. The first-order valence-corrected chi connectivity index (χ1v) is 8.36. The van der Waals surface area contributed by atoms with Gasteiger partial charge in [-0.15, -0.1) is 0 Å². The first-order chi connectivity index (χ1) is 13.7. The molecule has 0 atom stereocenters. The number of benzene rings is 4. The van der Waals surface area contributed by atoms with Gasteiger partial charge in [0.1, 0.15) is 24.3 Å². The van der Waals surface area contributed by atoms with Crippen molar-refractivity contribution in [2.24, 2.45) is 0 Å². The molecule has 0 aliphatic heterocycles. The van der Waals surface area contributed by atoms with Crippen molar-refractivity contribution in [1.82, 2.24) is 0 Å². The van der Waals surface area contributed by atoms with Crippen molar-refractivity contribution >= 4 is 21.5 Å². The van der Waals surface area contributed by atoms with E-state index in [0.29, 0.717) is 0 Å². The van der Waals surface area contributed by atoms with E-state index in [0.717, 1.165) is 0 Å². The highest BCUT2D eigenvalue weighted by atomic mass is 14.3. The van der Waals surface area contributed by atoms with Crippen LogP contribution in [0.15, 0.2) is 72.8 Å². The summed E-state index contributed by atoms with van der Waals surface area (Å²) in [5.41, 5.74) is 0.456. The maximum Gasteiger partial charge on any atom is 0.101 e. The molecule has 4 rings (SSSR count). The molecule has 0 aliphatic rings. The average molecular weight is 356 g/mol. The maximum absolute atomic E-state index is 8.64. The van der Waals surface area contributed by atoms with Gasteiger partial charge in [-0.05, 0) is 33.7 Å². The molecule has 0 N–H and O–H groups in total. The van der Waals surface area contributed by atoms with Gasteiger partial charge in [0.15, 0.2) is 0 Å². The summed E-state index contributed by atoms with van der Waals surface area (Å²) in [6, 6.07) is 31.0. The van der Waals surface area contributed by atoms with E-state index in [4.69, 9.17) is 21.0 Å². The molecular weight excluding hydrogens is 344 g/mol. The van der Waals surface area contributed by atoms with Gasteiger partial charge in [-0.25, -0.2) is 0 Å². The summed E-state index contributed by atoms with van der Waals surface area (Å²) in [7, 11) is 0. The fourth-order valence-electron chi connectivity index (χ4n) is 2.92. The Hall–Kier alpha value is -4.64. The molecule has 0 heterocycles. The van der Waals surface area contributed by atoms with Gasteiger partial charge < -0.3 is 0 Å². The van der Waals surface area contributed by atoms with Crippen LogP contribution in [0.5, 0.6) is 0 Å². The van der Waals surface area contributed by atoms with Gasteiger partial charge in [0.25, 0.3) is 0 Å². The molecule has 4 nitrogen and oxygen atoms in total. The Morgan fingerprint density at radius 2 is 0.750 bits per heavy atom. The monoisotopic (exact) mass is 356 g/mol. The normalized spacial score (nSPS) is 9.29. The van der Waals surface area contributed by atoms with E-state index in [1.807, 2.05) is 0 Å². The van der Waals surface area contributed by atoms with E-state index in [9.17, 15) is 0 Å². The van der Waals surface area contributed by atoms with Crippen molar-refractivity contribution in [3.05, 3.63) is 95.1 Å². The number of fused-ring (bicyclic) bond motifs is 3. The van der Waals surface area contributed by atoms with E-state index >= 15 is 0 Å². The van der Waals surface area contributed by atoms with Crippen LogP contribution in [0.3, 0.4) is 0 Å². The number of nitrogens with zero attached hydrogens (tertiary/aromatic N) is 4. The Balaban J connectivity index is 0.000000161. The van der Waals surface area contributed by atoms with Gasteiger partial charge in [-0.1, -0.05) is 60.7 Å². The molecule has 28 heavy (non-hydrogen) atoms. The topological polar surface area (TPSA) is 95.2 Å². The lowest BCUT2D eigenvalue weighted by molar-refractivity contribution is 1.38. The van der Waals surface area contributed by atoms with E-state index in [2.05, 4.69) is 60.7 Å². The summed E-state index contributed by atoms with van der Waals surface area (Å²) in [5, 5.41) is 39.9. The van der Waals surface area contributed by atoms with Crippen molar-refractivity contribution in [3.63, 3.8) is 0 Å². The van der Waals surface area contributed by atoms with Gasteiger partial charge in [0, 0.05) is 0 Å². The molecule has 0 saturated carbocycles. The molecule has 0 amide bonds. The van der Waals surface area contributed by atoms with Crippen LogP contribution < -0.4 is 0 Å². The highest BCUT2D eigenvalue weighted by Crippen LogP contribution is 2.24. The SMILES string of the molecule is N#Cc1cc(C#N)c(C#N)cc1C#N.c1ccc2c(c1)ccc1ccccc12. The van der Waals surface area contributed by atoms with Crippen molar-refractivity contribution in [2.45, 2.75) is 0 Å². The first-order valence-electron chi connectivity index (χ1n) is 8.36. The van der Waals surface area contributed by atoms with Gasteiger partial charge >= 0.3 is 0 Å². The summed E-state index contributed by atoms with van der Waals surface area (Å²) >= 11 is 0. The minimum absolute atomic E-state index is 0.114. The minimum atomic E-state index is 0.114. The predicted molar refractivity (Wildman–Crippen MR) is 107 cm³/mol. The molecule has 0 spiro atoms. The average Bonchev–Trinajstić information content (AvgIpc) is 2.78. The standard InChI is InChI=1S/C14H10.C10H2N4/c1-3-7-13-11(5-1)9-10-12-6-2-4-8-14(12)13;11-3-7-1-8(4-12)10(6-14)2-9(7)5-13/h1-10H;1-2H. The van der Waals surface area contributed by atoms with E-state index in [-0.39, 0.29) is 22.3 Å². The predicted octanol–water partition coefficient (Wildman–Crippen LogP) is 5.17. The molecule has 0 radical (unpaired) electrons. The largest absolute Gasteiger partial charge is 0.192 e. The summed E-state index contributed by atoms with van der Waals surface area (Å²) in [6.07, 6.45) is 0. The van der Waals surface area contributed by atoms with Crippen molar-refractivity contribution in [1.29, 1.82) is 21.0 Å². The van der Waals surface area contributed by atoms with Crippen LogP contribution in [0.1, 0.15) is 22.3 Å². The molecule has 128 valence electrons. The molecule has 4 heteroatoms. The van der Waals surface area contributed by atoms with Crippen LogP contribution in [0.2, 0.25) is 0 Å². The molecular formula is C24H12N4. The Labute approximate surface area is 162 Å². The summed E-state index contributed by atoms with van der Waals surface area (Å²) in [6.45, 7) is 0. The fourth-order valence-corrected chi connectivity index (χ4v) is 2.92. The number of nitriles is 4. The van der Waals surface area contributed by atoms with Gasteiger partial charge in [-0.2, -0.15) is 21.0 Å². The maximum atomic E-state index is 8.64. The molecule has 0 saturated heterocycles. The third-order valence-corrected chi connectivity index (χ3v) is 4.29. The Kier molecular flexibility index (Phi) is 5.29. The third kappa shape index (κ3) is 3.49. The molecule has 4 aromatic carbocycles. The quantitative estimate of drug-likeness (QED) is 0.406. The van der Waals surface area contributed by atoms with E-state index < -0.39 is 0 Å².